The number of fused-ring (bicyclic) bond motifs is 1. The van der Waals surface area contributed by atoms with Crippen LogP contribution in [-0.4, -0.2) is 24.0 Å². The number of hydrogen-bond acceptors (Lipinski definition) is 3. The fourth-order valence-electron chi connectivity index (χ4n) is 3.52. The van der Waals surface area contributed by atoms with Gasteiger partial charge in [0.05, 0.1) is 13.0 Å². The number of carbonyl (C=O) groups excluding carboxylic acids is 1. The number of nitrogens with zero attached hydrogens (tertiary/aromatic N) is 2. The monoisotopic (exact) mass is 358 g/mol. The summed E-state index contributed by atoms with van der Waals surface area (Å²) in [5.41, 5.74) is 5.57. The van der Waals surface area contributed by atoms with Crippen LogP contribution in [0.1, 0.15) is 18.1 Å². The van der Waals surface area contributed by atoms with Gasteiger partial charge in [-0.3, -0.25) is 9.78 Å². The molecule has 2 heterocycles. The van der Waals surface area contributed by atoms with E-state index in [1.807, 2.05) is 48.2 Å². The van der Waals surface area contributed by atoms with Gasteiger partial charge in [-0.2, -0.15) is 0 Å². The van der Waals surface area contributed by atoms with Crippen LogP contribution in [0.15, 0.2) is 67.0 Å². The average molecular weight is 358 g/mol. The van der Waals surface area contributed by atoms with E-state index in [1.165, 1.54) is 5.56 Å². The summed E-state index contributed by atoms with van der Waals surface area (Å²) >= 11 is 0. The third-order valence-corrected chi connectivity index (χ3v) is 4.88. The number of amides is 1. The fourth-order valence-corrected chi connectivity index (χ4v) is 3.52. The summed E-state index contributed by atoms with van der Waals surface area (Å²) in [5.74, 6) is 0.971. The van der Waals surface area contributed by atoms with Gasteiger partial charge in [-0.1, -0.05) is 18.2 Å². The molecular weight excluding hydrogens is 336 g/mol. The van der Waals surface area contributed by atoms with E-state index in [1.54, 1.807) is 12.4 Å². The number of pyridine rings is 1. The Hall–Kier alpha value is -3.14. The first-order valence-electron chi connectivity index (χ1n) is 9.30. The number of benzene rings is 2. The lowest BCUT2D eigenvalue weighted by Crippen LogP contribution is -2.30. The molecule has 0 saturated carbocycles. The normalized spacial score (nSPS) is 12.7. The van der Waals surface area contributed by atoms with Gasteiger partial charge in [0.15, 0.2) is 0 Å². The van der Waals surface area contributed by atoms with Gasteiger partial charge in [0.2, 0.25) is 5.91 Å². The predicted octanol–water partition coefficient (Wildman–Crippen LogP) is 4.28. The standard InChI is InChI=1S/C23H22N2O2/c1-2-27-21-6-3-17(4-7-21)15-23(26)25-14-11-20-16-19(5-8-22(20)25)18-9-12-24-13-10-18/h3-10,12-13,16H,2,11,14-15H2,1H3. The Morgan fingerprint density at radius 1 is 1.04 bits per heavy atom. The molecule has 1 amide bonds. The summed E-state index contributed by atoms with van der Waals surface area (Å²) in [6.45, 7) is 3.34. The summed E-state index contributed by atoms with van der Waals surface area (Å²) in [6.07, 6.45) is 4.89. The SMILES string of the molecule is CCOc1ccc(CC(=O)N2CCc3cc(-c4ccncc4)ccc32)cc1. The lowest BCUT2D eigenvalue weighted by Gasteiger charge is -2.18. The van der Waals surface area contributed by atoms with Gasteiger partial charge in [0.1, 0.15) is 5.75 Å². The van der Waals surface area contributed by atoms with Crippen LogP contribution in [0.5, 0.6) is 5.75 Å². The minimum atomic E-state index is 0.134. The van der Waals surface area contributed by atoms with E-state index in [0.717, 1.165) is 41.1 Å². The first-order valence-corrected chi connectivity index (χ1v) is 9.30. The highest BCUT2D eigenvalue weighted by Crippen LogP contribution is 2.32. The van der Waals surface area contributed by atoms with Crippen molar-refractivity contribution in [2.24, 2.45) is 0 Å². The molecule has 0 radical (unpaired) electrons. The summed E-state index contributed by atoms with van der Waals surface area (Å²) in [7, 11) is 0. The van der Waals surface area contributed by atoms with Crippen LogP contribution < -0.4 is 9.64 Å². The maximum Gasteiger partial charge on any atom is 0.231 e. The Labute approximate surface area is 159 Å². The summed E-state index contributed by atoms with van der Waals surface area (Å²) in [4.78, 5) is 18.8. The van der Waals surface area contributed by atoms with Gasteiger partial charge in [-0.25, -0.2) is 0 Å². The molecule has 0 spiro atoms. The Balaban J connectivity index is 1.49. The quantitative estimate of drug-likeness (QED) is 0.684. The zero-order valence-electron chi connectivity index (χ0n) is 15.4. The second kappa shape index (κ2) is 7.62. The number of anilines is 1. The molecule has 0 saturated heterocycles. The summed E-state index contributed by atoms with van der Waals surface area (Å²) < 4.78 is 5.46. The van der Waals surface area contributed by atoms with E-state index in [-0.39, 0.29) is 5.91 Å². The van der Waals surface area contributed by atoms with Crippen LogP contribution in [0.2, 0.25) is 0 Å². The van der Waals surface area contributed by atoms with Crippen molar-refractivity contribution in [3.63, 3.8) is 0 Å². The van der Waals surface area contributed by atoms with E-state index in [4.69, 9.17) is 4.74 Å². The molecular formula is C23H22N2O2. The number of rotatable bonds is 5. The van der Waals surface area contributed by atoms with Crippen molar-refractivity contribution < 1.29 is 9.53 Å². The van der Waals surface area contributed by atoms with Gasteiger partial charge in [0, 0.05) is 24.6 Å². The van der Waals surface area contributed by atoms with Crippen LogP contribution in [0.4, 0.5) is 5.69 Å². The highest BCUT2D eigenvalue weighted by atomic mass is 16.5. The molecule has 0 aliphatic carbocycles. The van der Waals surface area contributed by atoms with Crippen molar-refractivity contribution in [3.8, 4) is 16.9 Å². The molecule has 4 heteroatoms. The number of aromatic nitrogens is 1. The molecule has 1 aromatic heterocycles. The molecule has 1 aliphatic heterocycles. The van der Waals surface area contributed by atoms with Crippen LogP contribution in [-0.2, 0) is 17.6 Å². The lowest BCUT2D eigenvalue weighted by atomic mass is 10.0. The molecule has 0 unspecified atom stereocenters. The maximum atomic E-state index is 12.8. The molecule has 4 nitrogen and oxygen atoms in total. The second-order valence-electron chi connectivity index (χ2n) is 6.63. The minimum Gasteiger partial charge on any atom is -0.494 e. The zero-order chi connectivity index (χ0) is 18.6. The van der Waals surface area contributed by atoms with Crippen molar-refractivity contribution in [2.75, 3.05) is 18.1 Å². The average Bonchev–Trinajstić information content (AvgIpc) is 3.14. The van der Waals surface area contributed by atoms with Crippen molar-refractivity contribution in [1.82, 2.24) is 4.98 Å². The molecule has 2 aromatic carbocycles. The molecule has 3 aromatic rings. The third-order valence-electron chi connectivity index (χ3n) is 4.88. The van der Waals surface area contributed by atoms with E-state index < -0.39 is 0 Å². The second-order valence-corrected chi connectivity index (χ2v) is 6.63. The van der Waals surface area contributed by atoms with Crippen molar-refractivity contribution in [2.45, 2.75) is 19.8 Å². The number of hydrogen-bond donors (Lipinski definition) is 0. The Morgan fingerprint density at radius 2 is 1.81 bits per heavy atom. The maximum absolute atomic E-state index is 12.8. The van der Waals surface area contributed by atoms with Crippen molar-refractivity contribution >= 4 is 11.6 Å². The molecule has 0 N–H and O–H groups in total. The van der Waals surface area contributed by atoms with Crippen molar-refractivity contribution in [1.29, 1.82) is 0 Å². The zero-order valence-corrected chi connectivity index (χ0v) is 15.4. The Bertz CT molecular complexity index is 936. The fraction of sp³-hybridized carbons (Fsp3) is 0.217. The van der Waals surface area contributed by atoms with Gasteiger partial charge in [-0.05, 0) is 72.0 Å². The molecule has 0 bridgehead atoms. The van der Waals surface area contributed by atoms with E-state index >= 15 is 0 Å². The molecule has 4 rings (SSSR count). The number of ether oxygens (including phenoxy) is 1. The molecule has 27 heavy (non-hydrogen) atoms. The Kier molecular flexibility index (Phi) is 4.88. The highest BCUT2D eigenvalue weighted by Gasteiger charge is 2.24. The van der Waals surface area contributed by atoms with Crippen molar-refractivity contribution in [3.05, 3.63) is 78.1 Å². The topological polar surface area (TPSA) is 42.4 Å². The van der Waals surface area contributed by atoms with Gasteiger partial charge >= 0.3 is 0 Å². The first kappa shape index (κ1) is 17.3. The van der Waals surface area contributed by atoms with E-state index in [9.17, 15) is 4.79 Å². The lowest BCUT2D eigenvalue weighted by molar-refractivity contribution is -0.117. The molecule has 0 fully saturated rings. The van der Waals surface area contributed by atoms with Crippen LogP contribution in [0, 0.1) is 0 Å². The largest absolute Gasteiger partial charge is 0.494 e. The van der Waals surface area contributed by atoms with E-state index in [0.29, 0.717) is 13.0 Å². The third kappa shape index (κ3) is 3.70. The number of carbonyl (C=O) groups is 1. The van der Waals surface area contributed by atoms with Crippen LogP contribution in [0.25, 0.3) is 11.1 Å². The summed E-state index contributed by atoms with van der Waals surface area (Å²) in [5, 5.41) is 0. The molecule has 1 aliphatic rings. The van der Waals surface area contributed by atoms with Crippen LogP contribution in [0.3, 0.4) is 0 Å². The highest BCUT2D eigenvalue weighted by molar-refractivity contribution is 5.97. The molecule has 136 valence electrons. The van der Waals surface area contributed by atoms with E-state index in [2.05, 4.69) is 23.2 Å². The molecule has 0 atom stereocenters. The summed E-state index contributed by atoms with van der Waals surface area (Å²) in [6, 6.07) is 18.1. The first-order chi connectivity index (χ1) is 13.2. The predicted molar refractivity (Wildman–Crippen MR) is 107 cm³/mol. The van der Waals surface area contributed by atoms with Crippen LogP contribution >= 0.6 is 0 Å². The van der Waals surface area contributed by atoms with Gasteiger partial charge in [-0.15, -0.1) is 0 Å². The van der Waals surface area contributed by atoms with Gasteiger partial charge in [0.25, 0.3) is 0 Å². The smallest absolute Gasteiger partial charge is 0.231 e. The minimum absolute atomic E-state index is 0.134. The van der Waals surface area contributed by atoms with Gasteiger partial charge < -0.3 is 9.64 Å². The Morgan fingerprint density at radius 3 is 2.56 bits per heavy atom.